The summed E-state index contributed by atoms with van der Waals surface area (Å²) in [6.07, 6.45) is 2.35. The van der Waals surface area contributed by atoms with E-state index in [2.05, 4.69) is 0 Å². The molecule has 0 aliphatic rings. The van der Waals surface area contributed by atoms with Crippen molar-refractivity contribution < 1.29 is 4.73 Å². The van der Waals surface area contributed by atoms with Crippen molar-refractivity contribution in [1.82, 2.24) is 0 Å². The fourth-order valence-corrected chi connectivity index (χ4v) is 0.913. The first-order chi connectivity index (χ1) is 4.74. The predicted octanol–water partition coefficient (Wildman–Crippen LogP) is 1.19. The molecule has 0 aromatic carbocycles. The molecule has 10 heavy (non-hydrogen) atoms. The first-order valence-corrected chi connectivity index (χ1v) is 3.42. The molecule has 0 saturated heterocycles. The lowest BCUT2D eigenvalue weighted by Gasteiger charge is -2.01. The maximum Gasteiger partial charge on any atom is 0.192 e. The molecule has 0 aliphatic heterocycles. The summed E-state index contributed by atoms with van der Waals surface area (Å²) in [5.74, 6) is 0. The highest BCUT2D eigenvalue weighted by molar-refractivity contribution is 5.10. The van der Waals surface area contributed by atoms with Crippen molar-refractivity contribution in [2.45, 2.75) is 20.3 Å². The van der Waals surface area contributed by atoms with Crippen LogP contribution in [0.15, 0.2) is 18.3 Å². The zero-order valence-corrected chi connectivity index (χ0v) is 6.29. The van der Waals surface area contributed by atoms with Crippen molar-refractivity contribution in [3.63, 3.8) is 0 Å². The maximum atomic E-state index is 10.9. The monoisotopic (exact) mass is 137 g/mol. The molecule has 1 rings (SSSR count). The summed E-state index contributed by atoms with van der Waals surface area (Å²) in [4.78, 5) is 0. The van der Waals surface area contributed by atoms with Gasteiger partial charge in [0.25, 0.3) is 0 Å². The number of nitrogens with zero attached hydrogens (tertiary/aromatic N) is 1. The number of hydrogen-bond donors (Lipinski definition) is 0. The van der Waals surface area contributed by atoms with Gasteiger partial charge in [0.2, 0.25) is 0 Å². The Hall–Kier alpha value is -1.05. The lowest BCUT2D eigenvalue weighted by Crippen LogP contribution is -2.30. The van der Waals surface area contributed by atoms with Crippen LogP contribution in [0.1, 0.15) is 18.2 Å². The van der Waals surface area contributed by atoms with E-state index < -0.39 is 0 Å². The van der Waals surface area contributed by atoms with Gasteiger partial charge in [0.05, 0.1) is 0 Å². The molecule has 1 heterocycles. The third-order valence-corrected chi connectivity index (χ3v) is 1.51. The second-order valence-corrected chi connectivity index (χ2v) is 2.37. The quantitative estimate of drug-likeness (QED) is 0.422. The summed E-state index contributed by atoms with van der Waals surface area (Å²) >= 11 is 0. The lowest BCUT2D eigenvalue weighted by atomic mass is 10.2. The fourth-order valence-electron chi connectivity index (χ4n) is 0.913. The Morgan fingerprint density at radius 3 is 2.80 bits per heavy atom. The Kier molecular flexibility index (Phi) is 1.90. The van der Waals surface area contributed by atoms with Gasteiger partial charge in [0.15, 0.2) is 11.9 Å². The molecule has 0 aliphatic carbocycles. The molecule has 1 aromatic rings. The molecule has 0 saturated carbocycles. The van der Waals surface area contributed by atoms with E-state index in [9.17, 15) is 5.21 Å². The van der Waals surface area contributed by atoms with Gasteiger partial charge in [-0.15, -0.1) is 0 Å². The van der Waals surface area contributed by atoms with Crippen LogP contribution in [0.25, 0.3) is 0 Å². The van der Waals surface area contributed by atoms with Crippen molar-refractivity contribution >= 4 is 0 Å². The number of rotatable bonds is 1. The van der Waals surface area contributed by atoms with Crippen LogP contribution in [0.4, 0.5) is 0 Å². The SMILES string of the molecule is CCc1cc(C)cc[n+]1[O-]. The molecule has 2 heteroatoms. The average molecular weight is 137 g/mol. The van der Waals surface area contributed by atoms with Gasteiger partial charge in [-0.1, -0.05) is 6.92 Å². The summed E-state index contributed by atoms with van der Waals surface area (Å²) in [6.45, 7) is 3.96. The van der Waals surface area contributed by atoms with Crippen molar-refractivity contribution in [2.24, 2.45) is 0 Å². The van der Waals surface area contributed by atoms with E-state index in [-0.39, 0.29) is 0 Å². The van der Waals surface area contributed by atoms with Crippen LogP contribution in [0.2, 0.25) is 0 Å². The van der Waals surface area contributed by atoms with E-state index in [0.29, 0.717) is 0 Å². The van der Waals surface area contributed by atoms with E-state index in [4.69, 9.17) is 0 Å². The van der Waals surface area contributed by atoms with Crippen LogP contribution in [-0.2, 0) is 6.42 Å². The van der Waals surface area contributed by atoms with Crippen molar-refractivity contribution in [3.8, 4) is 0 Å². The van der Waals surface area contributed by atoms with Gasteiger partial charge >= 0.3 is 0 Å². The summed E-state index contributed by atoms with van der Waals surface area (Å²) < 4.78 is 0.910. The van der Waals surface area contributed by atoms with Gasteiger partial charge in [-0.05, 0) is 12.5 Å². The summed E-state index contributed by atoms with van der Waals surface area (Å²) in [6, 6.07) is 3.72. The van der Waals surface area contributed by atoms with E-state index >= 15 is 0 Å². The highest BCUT2D eigenvalue weighted by atomic mass is 16.5. The van der Waals surface area contributed by atoms with E-state index in [0.717, 1.165) is 22.4 Å². The minimum Gasteiger partial charge on any atom is -0.619 e. The summed E-state index contributed by atoms with van der Waals surface area (Å²) in [5, 5.41) is 10.9. The summed E-state index contributed by atoms with van der Waals surface area (Å²) in [5.41, 5.74) is 1.98. The normalized spacial score (nSPS) is 9.80. The van der Waals surface area contributed by atoms with E-state index in [1.165, 1.54) is 0 Å². The van der Waals surface area contributed by atoms with Gasteiger partial charge in [-0.25, -0.2) is 0 Å². The van der Waals surface area contributed by atoms with E-state index in [1.54, 1.807) is 6.20 Å². The van der Waals surface area contributed by atoms with Gasteiger partial charge in [-0.2, -0.15) is 4.73 Å². The Morgan fingerprint density at radius 2 is 2.30 bits per heavy atom. The van der Waals surface area contributed by atoms with Gasteiger partial charge in [0, 0.05) is 18.6 Å². The topological polar surface area (TPSA) is 26.9 Å². The second kappa shape index (κ2) is 2.69. The highest BCUT2D eigenvalue weighted by Crippen LogP contribution is 1.97. The molecule has 0 atom stereocenters. The van der Waals surface area contributed by atoms with Crippen LogP contribution in [0.3, 0.4) is 0 Å². The average Bonchev–Trinajstić information content (AvgIpc) is 1.94. The van der Waals surface area contributed by atoms with Crippen LogP contribution in [0.5, 0.6) is 0 Å². The number of aromatic nitrogens is 1. The number of aryl methyl sites for hydroxylation is 2. The molecule has 0 bridgehead atoms. The van der Waals surface area contributed by atoms with Gasteiger partial charge in [0.1, 0.15) is 0 Å². The molecule has 2 nitrogen and oxygen atoms in total. The smallest absolute Gasteiger partial charge is 0.192 e. The Labute approximate surface area is 60.7 Å². The van der Waals surface area contributed by atoms with Crippen molar-refractivity contribution in [1.29, 1.82) is 0 Å². The lowest BCUT2D eigenvalue weighted by molar-refractivity contribution is -0.613. The Bertz CT molecular complexity index is 233. The molecule has 54 valence electrons. The minimum absolute atomic E-state index is 0.797. The van der Waals surface area contributed by atoms with Crippen LogP contribution < -0.4 is 4.73 Å². The van der Waals surface area contributed by atoms with Crippen molar-refractivity contribution in [2.75, 3.05) is 0 Å². The van der Waals surface area contributed by atoms with Crippen LogP contribution in [-0.4, -0.2) is 0 Å². The summed E-state index contributed by atoms with van der Waals surface area (Å²) in [7, 11) is 0. The molecular formula is C8H11NO. The first-order valence-electron chi connectivity index (χ1n) is 3.42. The third kappa shape index (κ3) is 1.26. The molecule has 0 amide bonds. The van der Waals surface area contributed by atoms with Crippen LogP contribution >= 0.6 is 0 Å². The predicted molar refractivity (Wildman–Crippen MR) is 39.5 cm³/mol. The molecule has 0 unspecified atom stereocenters. The number of hydrogen-bond acceptors (Lipinski definition) is 1. The van der Waals surface area contributed by atoms with Gasteiger partial charge in [-0.3, -0.25) is 0 Å². The third-order valence-electron chi connectivity index (χ3n) is 1.51. The van der Waals surface area contributed by atoms with Crippen molar-refractivity contribution in [3.05, 3.63) is 34.8 Å². The molecule has 0 fully saturated rings. The van der Waals surface area contributed by atoms with Crippen LogP contribution in [0, 0.1) is 12.1 Å². The molecule has 0 N–H and O–H groups in total. The molecule has 1 aromatic heterocycles. The molecule has 0 radical (unpaired) electrons. The maximum absolute atomic E-state index is 10.9. The zero-order valence-electron chi connectivity index (χ0n) is 6.29. The Balaban J connectivity index is 3.09. The second-order valence-electron chi connectivity index (χ2n) is 2.37. The number of pyridine rings is 1. The minimum atomic E-state index is 0.797. The highest BCUT2D eigenvalue weighted by Gasteiger charge is 1.99. The van der Waals surface area contributed by atoms with E-state index in [1.807, 2.05) is 26.0 Å². The molecule has 0 spiro atoms. The largest absolute Gasteiger partial charge is 0.619 e. The zero-order chi connectivity index (χ0) is 7.56. The first kappa shape index (κ1) is 7.06. The molecular weight excluding hydrogens is 126 g/mol. The standard InChI is InChI=1S/C8H11NO/c1-3-8-6-7(2)4-5-9(8)10/h4-6H,3H2,1-2H3. The fraction of sp³-hybridized carbons (Fsp3) is 0.375. The Morgan fingerprint density at radius 1 is 1.60 bits per heavy atom. The van der Waals surface area contributed by atoms with Gasteiger partial charge < -0.3 is 5.21 Å².